The van der Waals surface area contributed by atoms with E-state index in [1.807, 2.05) is 18.2 Å². The van der Waals surface area contributed by atoms with E-state index in [2.05, 4.69) is 10.3 Å². The van der Waals surface area contributed by atoms with Crippen molar-refractivity contribution in [1.82, 2.24) is 0 Å². The zero-order valence-corrected chi connectivity index (χ0v) is 15.3. The molecule has 3 N–H and O–H groups in total. The number of hydrogen-bond acceptors (Lipinski definition) is 5. The van der Waals surface area contributed by atoms with Crippen molar-refractivity contribution in [1.29, 1.82) is 0 Å². The van der Waals surface area contributed by atoms with E-state index >= 15 is 0 Å². The Kier molecular flexibility index (Phi) is 5.32. The maximum Gasteiger partial charge on any atom is 0.193 e. The van der Waals surface area contributed by atoms with E-state index in [0.717, 1.165) is 23.4 Å². The number of nitrogens with two attached hydrogens (primary N) is 1. The van der Waals surface area contributed by atoms with Crippen LogP contribution in [0.15, 0.2) is 52.4 Å². The van der Waals surface area contributed by atoms with E-state index < -0.39 is 9.84 Å². The van der Waals surface area contributed by atoms with Gasteiger partial charge < -0.3 is 20.5 Å². The molecule has 0 aromatic heterocycles. The topological polar surface area (TPSA) is 103 Å². The molecule has 0 unspecified atom stereocenters. The van der Waals surface area contributed by atoms with Crippen molar-refractivity contribution in [3.63, 3.8) is 0 Å². The fourth-order valence-electron chi connectivity index (χ4n) is 2.45. The molecule has 138 valence electrons. The third kappa shape index (κ3) is 4.66. The molecule has 0 spiro atoms. The van der Waals surface area contributed by atoms with E-state index in [1.54, 1.807) is 24.3 Å². The fourth-order valence-corrected chi connectivity index (χ4v) is 3.08. The van der Waals surface area contributed by atoms with E-state index in [4.69, 9.17) is 15.2 Å². The zero-order chi connectivity index (χ0) is 18.6. The highest BCUT2D eigenvalue weighted by molar-refractivity contribution is 7.90. The summed E-state index contributed by atoms with van der Waals surface area (Å²) in [5, 5.41) is 3.01. The molecule has 1 aliphatic heterocycles. The van der Waals surface area contributed by atoms with Crippen molar-refractivity contribution in [3.05, 3.63) is 48.0 Å². The number of anilines is 1. The first-order valence-corrected chi connectivity index (χ1v) is 10.1. The summed E-state index contributed by atoms with van der Waals surface area (Å²) in [5.74, 6) is 1.65. The Bertz CT molecular complexity index is 909. The van der Waals surface area contributed by atoms with Crippen LogP contribution in [0.25, 0.3) is 0 Å². The number of benzene rings is 2. The van der Waals surface area contributed by atoms with Crippen molar-refractivity contribution in [2.75, 3.05) is 24.8 Å². The number of ether oxygens (including phenoxy) is 2. The van der Waals surface area contributed by atoms with Gasteiger partial charge in [-0.05, 0) is 29.8 Å². The van der Waals surface area contributed by atoms with Crippen LogP contribution in [0.5, 0.6) is 11.5 Å². The number of fused-ring (bicyclic) bond motifs is 1. The highest BCUT2D eigenvalue weighted by Gasteiger charge is 2.11. The molecule has 0 fully saturated rings. The van der Waals surface area contributed by atoms with Crippen LogP contribution < -0.4 is 20.5 Å². The maximum absolute atomic E-state index is 11.5. The number of guanidine groups is 1. The summed E-state index contributed by atoms with van der Waals surface area (Å²) in [5.41, 5.74) is 7.55. The molecule has 0 atom stereocenters. The van der Waals surface area contributed by atoms with E-state index in [1.165, 1.54) is 6.26 Å². The van der Waals surface area contributed by atoms with Crippen LogP contribution in [0.4, 0.5) is 5.69 Å². The lowest BCUT2D eigenvalue weighted by molar-refractivity contribution is 0.297. The average Bonchev–Trinajstić information content (AvgIpc) is 2.84. The molecule has 2 aromatic carbocycles. The summed E-state index contributed by atoms with van der Waals surface area (Å²) >= 11 is 0. The van der Waals surface area contributed by atoms with Gasteiger partial charge in [-0.1, -0.05) is 12.1 Å². The second kappa shape index (κ2) is 7.65. The highest BCUT2D eigenvalue weighted by Crippen LogP contribution is 2.32. The van der Waals surface area contributed by atoms with Gasteiger partial charge in [0.05, 0.1) is 24.7 Å². The first-order chi connectivity index (χ1) is 12.4. The molecule has 0 saturated heterocycles. The van der Waals surface area contributed by atoms with Crippen LogP contribution in [-0.4, -0.2) is 33.8 Å². The molecule has 3 rings (SSSR count). The minimum Gasteiger partial charge on any atom is -0.490 e. The van der Waals surface area contributed by atoms with E-state index in [0.29, 0.717) is 25.5 Å². The van der Waals surface area contributed by atoms with Gasteiger partial charge in [0.15, 0.2) is 27.3 Å². The first kappa shape index (κ1) is 18.1. The standard InChI is InChI=1S/C18H21N3O4S/c1-26(22,23)15-6-3-13(4-7-15)12-20-18(19)21-14-5-8-16-17(11-14)25-10-2-9-24-16/h3-8,11H,2,9-10,12H2,1H3,(H3,19,20,21). The molecule has 7 nitrogen and oxygen atoms in total. The Morgan fingerprint density at radius 2 is 1.81 bits per heavy atom. The molecule has 0 amide bonds. The minimum atomic E-state index is -3.20. The van der Waals surface area contributed by atoms with Crippen molar-refractivity contribution in [2.24, 2.45) is 10.7 Å². The second-order valence-corrected chi connectivity index (χ2v) is 7.97. The first-order valence-electron chi connectivity index (χ1n) is 8.17. The number of sulfone groups is 1. The van der Waals surface area contributed by atoms with Gasteiger partial charge in [-0.2, -0.15) is 0 Å². The summed E-state index contributed by atoms with van der Waals surface area (Å²) in [6.07, 6.45) is 2.02. The maximum atomic E-state index is 11.5. The molecule has 8 heteroatoms. The van der Waals surface area contributed by atoms with Gasteiger partial charge in [0.25, 0.3) is 0 Å². The van der Waals surface area contributed by atoms with Crippen LogP contribution >= 0.6 is 0 Å². The summed E-state index contributed by atoms with van der Waals surface area (Å²) in [6.45, 7) is 1.60. The smallest absolute Gasteiger partial charge is 0.193 e. The number of rotatable bonds is 4. The average molecular weight is 375 g/mol. The largest absolute Gasteiger partial charge is 0.490 e. The third-order valence-electron chi connectivity index (χ3n) is 3.80. The molecule has 0 bridgehead atoms. The van der Waals surface area contributed by atoms with Crippen LogP contribution in [0.1, 0.15) is 12.0 Å². The zero-order valence-electron chi connectivity index (χ0n) is 14.4. The molecular formula is C18H21N3O4S. The highest BCUT2D eigenvalue weighted by atomic mass is 32.2. The van der Waals surface area contributed by atoms with Crippen LogP contribution in [0.2, 0.25) is 0 Å². The van der Waals surface area contributed by atoms with Gasteiger partial charge in [0, 0.05) is 24.4 Å². The SMILES string of the molecule is CS(=O)(=O)c1ccc(CN=C(N)Nc2ccc3c(c2)OCCCO3)cc1. The number of nitrogens with zero attached hydrogens (tertiary/aromatic N) is 1. The molecule has 0 aliphatic carbocycles. The lowest BCUT2D eigenvalue weighted by atomic mass is 10.2. The summed E-state index contributed by atoms with van der Waals surface area (Å²) in [4.78, 5) is 4.55. The Balaban J connectivity index is 1.64. The summed E-state index contributed by atoms with van der Waals surface area (Å²) in [6, 6.07) is 12.1. The molecule has 2 aromatic rings. The number of hydrogen-bond donors (Lipinski definition) is 2. The quantitative estimate of drug-likeness (QED) is 0.627. The molecule has 0 saturated carbocycles. The van der Waals surface area contributed by atoms with Gasteiger partial charge in [-0.15, -0.1) is 0 Å². The monoisotopic (exact) mass is 375 g/mol. The minimum absolute atomic E-state index is 0.256. The van der Waals surface area contributed by atoms with Crippen molar-refractivity contribution in [2.45, 2.75) is 17.9 Å². The van der Waals surface area contributed by atoms with Crippen molar-refractivity contribution in [3.8, 4) is 11.5 Å². The van der Waals surface area contributed by atoms with Gasteiger partial charge in [0.2, 0.25) is 0 Å². The number of nitrogens with one attached hydrogen (secondary N) is 1. The predicted octanol–water partition coefficient (Wildman–Crippen LogP) is 2.18. The Labute approximate surface area is 152 Å². The van der Waals surface area contributed by atoms with Crippen molar-refractivity contribution >= 4 is 21.5 Å². The predicted molar refractivity (Wildman–Crippen MR) is 101 cm³/mol. The fraction of sp³-hybridized carbons (Fsp3) is 0.278. The summed E-state index contributed by atoms with van der Waals surface area (Å²) < 4.78 is 34.2. The molecule has 1 heterocycles. The molecule has 0 radical (unpaired) electrons. The third-order valence-corrected chi connectivity index (χ3v) is 4.93. The second-order valence-electron chi connectivity index (χ2n) is 5.95. The summed E-state index contributed by atoms with van der Waals surface area (Å²) in [7, 11) is -3.20. The van der Waals surface area contributed by atoms with Gasteiger partial charge in [0.1, 0.15) is 0 Å². The number of aliphatic imine (C=N–C) groups is 1. The lowest BCUT2D eigenvalue weighted by Crippen LogP contribution is -2.22. The Hall–Kier alpha value is -2.74. The molecule has 1 aliphatic rings. The van der Waals surface area contributed by atoms with Crippen LogP contribution in [0.3, 0.4) is 0 Å². The van der Waals surface area contributed by atoms with Crippen LogP contribution in [-0.2, 0) is 16.4 Å². The van der Waals surface area contributed by atoms with Gasteiger partial charge in [-0.3, -0.25) is 0 Å². The molecule has 26 heavy (non-hydrogen) atoms. The van der Waals surface area contributed by atoms with Crippen LogP contribution in [0, 0.1) is 0 Å². The molecular weight excluding hydrogens is 354 g/mol. The van der Waals surface area contributed by atoms with E-state index in [9.17, 15) is 8.42 Å². The van der Waals surface area contributed by atoms with Gasteiger partial charge in [-0.25, -0.2) is 13.4 Å². The lowest BCUT2D eigenvalue weighted by Gasteiger charge is -2.10. The van der Waals surface area contributed by atoms with E-state index in [-0.39, 0.29) is 10.9 Å². The van der Waals surface area contributed by atoms with Crippen molar-refractivity contribution < 1.29 is 17.9 Å². The normalized spacial score (nSPS) is 14.6. The Morgan fingerprint density at radius 3 is 2.50 bits per heavy atom. The Morgan fingerprint density at radius 1 is 1.12 bits per heavy atom. The van der Waals surface area contributed by atoms with Gasteiger partial charge >= 0.3 is 0 Å².